The molecule has 0 N–H and O–H groups in total. The first-order valence-electron chi connectivity index (χ1n) is 7.00. The van der Waals surface area contributed by atoms with Crippen molar-refractivity contribution in [2.75, 3.05) is 6.61 Å². The Labute approximate surface area is 127 Å². The predicted molar refractivity (Wildman–Crippen MR) is 82.2 cm³/mol. The second kappa shape index (κ2) is 5.52. The molecule has 0 atom stereocenters. The maximum atomic E-state index is 12.3. The van der Waals surface area contributed by atoms with E-state index in [1.807, 2.05) is 28.7 Å². The van der Waals surface area contributed by atoms with Crippen LogP contribution in [0.2, 0.25) is 0 Å². The van der Waals surface area contributed by atoms with Gasteiger partial charge in [0.25, 0.3) is 0 Å². The van der Waals surface area contributed by atoms with Crippen molar-refractivity contribution in [3.05, 3.63) is 48.2 Å². The molecule has 0 saturated heterocycles. The van der Waals surface area contributed by atoms with Gasteiger partial charge < -0.3 is 13.9 Å². The van der Waals surface area contributed by atoms with Crippen LogP contribution in [0.4, 0.5) is 0 Å². The molecular formula is C17H15NO4. The normalized spacial score (nSPS) is 10.8. The highest BCUT2D eigenvalue weighted by molar-refractivity contribution is 6.11. The Balaban J connectivity index is 2.29. The largest absolute Gasteiger partial charge is 0.462 e. The van der Waals surface area contributed by atoms with Crippen molar-refractivity contribution in [2.45, 2.75) is 13.8 Å². The molecule has 1 aromatic carbocycles. The Bertz CT molecular complexity index is 879. The molecule has 0 bridgehead atoms. The molecule has 112 valence electrons. The van der Waals surface area contributed by atoms with E-state index in [2.05, 4.69) is 0 Å². The molecule has 5 nitrogen and oxygen atoms in total. The Hall–Kier alpha value is -2.82. The topological polar surface area (TPSA) is 57.0 Å². The fourth-order valence-corrected chi connectivity index (χ4v) is 2.56. The second-order valence-electron chi connectivity index (χ2n) is 4.83. The highest BCUT2D eigenvalue weighted by Gasteiger charge is 2.19. The third-order valence-electron chi connectivity index (χ3n) is 3.35. The summed E-state index contributed by atoms with van der Waals surface area (Å²) >= 11 is 0. The quantitative estimate of drug-likeness (QED) is 0.697. The minimum Gasteiger partial charge on any atom is -0.462 e. The van der Waals surface area contributed by atoms with Crippen LogP contribution in [-0.4, -0.2) is 22.9 Å². The lowest BCUT2D eigenvalue weighted by Gasteiger charge is -2.04. The third-order valence-corrected chi connectivity index (χ3v) is 3.35. The number of fused-ring (bicyclic) bond motifs is 3. The molecule has 0 radical (unpaired) electrons. The molecule has 0 saturated carbocycles. The van der Waals surface area contributed by atoms with Gasteiger partial charge in [-0.3, -0.25) is 4.79 Å². The number of hydrogen-bond donors (Lipinski definition) is 0. The fraction of sp³-hybridized carbons (Fsp3) is 0.176. The van der Waals surface area contributed by atoms with Crippen LogP contribution in [0.1, 0.15) is 24.2 Å². The summed E-state index contributed by atoms with van der Waals surface area (Å²) in [6.07, 6.45) is 1.70. The number of para-hydroxylation sites is 1. The first kappa shape index (κ1) is 14.1. The van der Waals surface area contributed by atoms with Crippen LogP contribution in [0.5, 0.6) is 5.75 Å². The molecule has 0 aliphatic rings. The number of hydrogen-bond acceptors (Lipinski definition) is 4. The minimum absolute atomic E-state index is 0.316. The zero-order valence-electron chi connectivity index (χ0n) is 12.3. The van der Waals surface area contributed by atoms with E-state index >= 15 is 0 Å². The van der Waals surface area contributed by atoms with Crippen molar-refractivity contribution in [3.8, 4) is 5.75 Å². The molecule has 3 rings (SSSR count). The lowest BCUT2D eigenvalue weighted by Crippen LogP contribution is -2.05. The molecule has 0 amide bonds. The number of pyridine rings is 1. The Morgan fingerprint density at radius 3 is 2.59 bits per heavy atom. The van der Waals surface area contributed by atoms with Crippen LogP contribution in [0.25, 0.3) is 16.4 Å². The van der Waals surface area contributed by atoms with Gasteiger partial charge in [-0.2, -0.15) is 0 Å². The lowest BCUT2D eigenvalue weighted by atomic mass is 10.1. The van der Waals surface area contributed by atoms with Crippen LogP contribution in [0.15, 0.2) is 42.6 Å². The van der Waals surface area contributed by atoms with Crippen molar-refractivity contribution in [3.63, 3.8) is 0 Å². The Morgan fingerprint density at radius 1 is 1.09 bits per heavy atom. The van der Waals surface area contributed by atoms with E-state index in [4.69, 9.17) is 9.47 Å². The number of nitrogens with zero attached hydrogens (tertiary/aromatic N) is 1. The standard InChI is InChI=1S/C17H15NO4/c1-3-21-17(20)16-13-6-4-5-7-14(13)18-10-12(22-11(2)19)8-9-15(16)18/h4-10H,3H2,1-2H3. The fourth-order valence-electron chi connectivity index (χ4n) is 2.56. The first-order chi connectivity index (χ1) is 10.6. The molecular weight excluding hydrogens is 282 g/mol. The monoisotopic (exact) mass is 297 g/mol. The van der Waals surface area contributed by atoms with Gasteiger partial charge in [-0.05, 0) is 25.1 Å². The number of benzene rings is 1. The van der Waals surface area contributed by atoms with Crippen LogP contribution in [-0.2, 0) is 9.53 Å². The zero-order valence-corrected chi connectivity index (χ0v) is 12.3. The number of rotatable bonds is 3. The van der Waals surface area contributed by atoms with Crippen LogP contribution < -0.4 is 4.74 Å². The van der Waals surface area contributed by atoms with E-state index in [0.29, 0.717) is 17.9 Å². The van der Waals surface area contributed by atoms with E-state index in [-0.39, 0.29) is 11.9 Å². The van der Waals surface area contributed by atoms with Crippen molar-refractivity contribution in [1.29, 1.82) is 0 Å². The van der Waals surface area contributed by atoms with Crippen LogP contribution >= 0.6 is 0 Å². The number of carbonyl (C=O) groups is 2. The highest BCUT2D eigenvalue weighted by Crippen LogP contribution is 2.29. The summed E-state index contributed by atoms with van der Waals surface area (Å²) in [5.74, 6) is -0.320. The first-order valence-corrected chi connectivity index (χ1v) is 7.00. The van der Waals surface area contributed by atoms with Gasteiger partial charge in [0.2, 0.25) is 0 Å². The molecule has 0 unspecified atom stereocenters. The van der Waals surface area contributed by atoms with Gasteiger partial charge in [0.1, 0.15) is 5.75 Å². The second-order valence-corrected chi connectivity index (χ2v) is 4.83. The van der Waals surface area contributed by atoms with Crippen molar-refractivity contribution >= 4 is 28.4 Å². The van der Waals surface area contributed by atoms with Crippen molar-refractivity contribution in [1.82, 2.24) is 4.40 Å². The third kappa shape index (κ3) is 2.30. The zero-order chi connectivity index (χ0) is 15.7. The van der Waals surface area contributed by atoms with Gasteiger partial charge in [-0.1, -0.05) is 18.2 Å². The molecule has 0 spiro atoms. The molecule has 3 aromatic rings. The molecule has 0 aliphatic carbocycles. The van der Waals surface area contributed by atoms with E-state index in [9.17, 15) is 9.59 Å². The molecule has 2 aromatic heterocycles. The molecule has 0 fully saturated rings. The smallest absolute Gasteiger partial charge is 0.340 e. The van der Waals surface area contributed by atoms with Gasteiger partial charge in [0.05, 0.1) is 29.4 Å². The summed E-state index contributed by atoms with van der Waals surface area (Å²) in [6.45, 7) is 3.44. The van der Waals surface area contributed by atoms with Gasteiger partial charge in [0.15, 0.2) is 0 Å². The summed E-state index contributed by atoms with van der Waals surface area (Å²) in [5, 5.41) is 0.806. The molecule has 5 heteroatoms. The summed E-state index contributed by atoms with van der Waals surface area (Å²) in [7, 11) is 0. The molecule has 22 heavy (non-hydrogen) atoms. The van der Waals surface area contributed by atoms with E-state index in [1.165, 1.54) is 6.92 Å². The number of aromatic nitrogens is 1. The predicted octanol–water partition coefficient (Wildman–Crippen LogP) is 3.19. The Kier molecular flexibility index (Phi) is 3.55. The number of esters is 2. The van der Waals surface area contributed by atoms with E-state index in [0.717, 1.165) is 16.4 Å². The average molecular weight is 297 g/mol. The van der Waals surface area contributed by atoms with E-state index in [1.54, 1.807) is 25.3 Å². The van der Waals surface area contributed by atoms with Crippen molar-refractivity contribution < 1.29 is 19.1 Å². The molecule has 0 aliphatic heterocycles. The van der Waals surface area contributed by atoms with E-state index < -0.39 is 0 Å². The highest BCUT2D eigenvalue weighted by atomic mass is 16.5. The summed E-state index contributed by atoms with van der Waals surface area (Å²) < 4.78 is 12.1. The lowest BCUT2D eigenvalue weighted by molar-refractivity contribution is -0.131. The number of ether oxygens (including phenoxy) is 2. The Morgan fingerprint density at radius 2 is 1.86 bits per heavy atom. The van der Waals surface area contributed by atoms with Crippen molar-refractivity contribution in [2.24, 2.45) is 0 Å². The van der Waals surface area contributed by atoms with Gasteiger partial charge in [-0.15, -0.1) is 0 Å². The summed E-state index contributed by atoms with van der Waals surface area (Å²) in [5.41, 5.74) is 2.09. The summed E-state index contributed by atoms with van der Waals surface area (Å²) in [6, 6.07) is 11.0. The SMILES string of the molecule is CCOC(=O)c1c2ccccc2n2cc(OC(C)=O)ccc12. The van der Waals surface area contributed by atoms with Gasteiger partial charge in [-0.25, -0.2) is 4.79 Å². The van der Waals surface area contributed by atoms with Gasteiger partial charge in [0, 0.05) is 12.3 Å². The molecule has 2 heterocycles. The summed E-state index contributed by atoms with van der Waals surface area (Å²) in [4.78, 5) is 23.4. The minimum atomic E-state index is -0.388. The number of carbonyl (C=O) groups excluding carboxylic acids is 2. The van der Waals surface area contributed by atoms with Crippen LogP contribution in [0.3, 0.4) is 0 Å². The van der Waals surface area contributed by atoms with Crippen LogP contribution in [0, 0.1) is 0 Å². The maximum absolute atomic E-state index is 12.3. The van der Waals surface area contributed by atoms with Gasteiger partial charge >= 0.3 is 11.9 Å². The average Bonchev–Trinajstić information content (AvgIpc) is 2.81. The maximum Gasteiger partial charge on any atom is 0.340 e.